The normalized spacial score (nSPS) is 22.6. The number of hydrogen-bond donors (Lipinski definition) is 5. The molecule has 6 nitrogen and oxygen atoms in total. The van der Waals surface area contributed by atoms with Crippen LogP contribution in [0.5, 0.6) is 0 Å². The third kappa shape index (κ3) is 3.95. The van der Waals surface area contributed by atoms with Gasteiger partial charge in [-0.25, -0.2) is 18.2 Å². The Morgan fingerprint density at radius 3 is 2.55 bits per heavy atom. The molecular weight excluding hydrogens is 381 g/mol. The number of aliphatic imine (C=N–C) groups is 1. The predicted molar refractivity (Wildman–Crippen MR) is 107 cm³/mol. The first kappa shape index (κ1) is 19.4. The molecule has 2 aromatic rings. The molecule has 0 atom stereocenters. The first-order chi connectivity index (χ1) is 14.1. The van der Waals surface area contributed by atoms with Crippen LogP contribution in [-0.4, -0.2) is 17.9 Å². The van der Waals surface area contributed by atoms with Crippen molar-refractivity contribution in [2.24, 2.45) is 22.7 Å². The lowest BCUT2D eigenvalue weighted by Crippen LogP contribution is -2.34. The van der Waals surface area contributed by atoms with Crippen LogP contribution in [0.2, 0.25) is 0 Å². The molecule has 2 heterocycles. The van der Waals surface area contributed by atoms with Crippen molar-refractivity contribution >= 4 is 23.5 Å². The number of nitrogens with one attached hydrogen (secondary N) is 4. The number of nitrogens with zero attached hydrogens (tertiary/aromatic N) is 1. The number of anilines is 1. The number of H-pyrrole nitrogens is 1. The summed E-state index contributed by atoms with van der Waals surface area (Å²) in [5.41, 5.74) is 5.98. The molecule has 0 unspecified atom stereocenters. The average Bonchev–Trinajstić information content (AvgIpc) is 3.21. The minimum absolute atomic E-state index is 0.251. The Bertz CT molecular complexity index is 920. The molecule has 0 bridgehead atoms. The lowest BCUT2D eigenvalue weighted by molar-refractivity contribution is 0.304. The molecule has 1 aromatic carbocycles. The molecule has 1 aromatic heterocycles. The molecular formula is C20H23F3N6. The van der Waals surface area contributed by atoms with E-state index in [1.807, 2.05) is 12.3 Å². The van der Waals surface area contributed by atoms with E-state index in [4.69, 9.17) is 5.84 Å². The minimum Gasteiger partial charge on any atom is -0.385 e. The lowest BCUT2D eigenvalue weighted by atomic mass is 9.79. The Labute approximate surface area is 166 Å². The first-order valence-corrected chi connectivity index (χ1v) is 9.62. The number of hydrogen-bond acceptors (Lipinski definition) is 5. The first-order valence-electron chi connectivity index (χ1n) is 9.62. The Balaban J connectivity index is 1.38. The molecule has 0 amide bonds. The standard InChI is InChI=1S/C20H23F3N6/c21-15-7-13(8-16(22)17(15)23)26-9-11-1-3-12(4-2-11)18(29-24)19-14-5-6-25-20(14)28-10-27-19/h5-8,10-12,25-26,29H,1-4,9,24H2,(H,27,28)/b19-18-/t11-,12-. The lowest BCUT2D eigenvalue weighted by Gasteiger charge is -2.32. The highest BCUT2D eigenvalue weighted by Gasteiger charge is 2.27. The molecule has 0 saturated heterocycles. The van der Waals surface area contributed by atoms with Gasteiger partial charge in [0.25, 0.3) is 0 Å². The van der Waals surface area contributed by atoms with Gasteiger partial charge in [-0.2, -0.15) is 0 Å². The maximum absolute atomic E-state index is 13.3. The SMILES string of the molecule is NN/C(=C1\NC=Nc2[nH]ccc21)[C@H]1CC[C@H](CNc2cc(F)c(F)c(F)c2)CC1. The molecule has 0 radical (unpaired) electrons. The number of fused-ring (bicyclic) bond motifs is 1. The van der Waals surface area contributed by atoms with Crippen LogP contribution in [0.15, 0.2) is 35.1 Å². The Morgan fingerprint density at radius 1 is 1.14 bits per heavy atom. The summed E-state index contributed by atoms with van der Waals surface area (Å²) >= 11 is 0. The van der Waals surface area contributed by atoms with Gasteiger partial charge in [0.15, 0.2) is 17.5 Å². The maximum atomic E-state index is 13.3. The van der Waals surface area contributed by atoms with Crippen LogP contribution in [0.4, 0.5) is 24.7 Å². The van der Waals surface area contributed by atoms with Gasteiger partial charge in [-0.15, -0.1) is 0 Å². The molecule has 29 heavy (non-hydrogen) atoms. The molecule has 9 heteroatoms. The van der Waals surface area contributed by atoms with Crippen LogP contribution >= 0.6 is 0 Å². The summed E-state index contributed by atoms with van der Waals surface area (Å²) in [7, 11) is 0. The quantitative estimate of drug-likeness (QED) is 0.298. The number of nitrogens with two attached hydrogens (primary N) is 1. The summed E-state index contributed by atoms with van der Waals surface area (Å²) < 4.78 is 39.8. The molecule has 0 spiro atoms. The van der Waals surface area contributed by atoms with E-state index in [9.17, 15) is 13.2 Å². The smallest absolute Gasteiger partial charge is 0.194 e. The van der Waals surface area contributed by atoms with Gasteiger partial charge in [0.1, 0.15) is 5.82 Å². The van der Waals surface area contributed by atoms with E-state index in [1.54, 1.807) is 6.34 Å². The third-order valence-electron chi connectivity index (χ3n) is 5.66. The van der Waals surface area contributed by atoms with Crippen molar-refractivity contribution in [1.82, 2.24) is 15.7 Å². The fraction of sp³-hybridized carbons (Fsp3) is 0.350. The summed E-state index contributed by atoms with van der Waals surface area (Å²) in [5, 5.41) is 6.22. The van der Waals surface area contributed by atoms with Crippen LogP contribution in [0.3, 0.4) is 0 Å². The van der Waals surface area contributed by atoms with Crippen LogP contribution in [0.25, 0.3) is 5.70 Å². The van der Waals surface area contributed by atoms with Gasteiger partial charge in [-0.05, 0) is 37.7 Å². The van der Waals surface area contributed by atoms with E-state index >= 15 is 0 Å². The molecule has 1 aliphatic carbocycles. The molecule has 4 rings (SSSR count). The van der Waals surface area contributed by atoms with Gasteiger partial charge in [0.2, 0.25) is 0 Å². The van der Waals surface area contributed by atoms with Crippen molar-refractivity contribution < 1.29 is 13.2 Å². The van der Waals surface area contributed by atoms with Crippen LogP contribution in [0, 0.1) is 29.3 Å². The number of halogens is 3. The summed E-state index contributed by atoms with van der Waals surface area (Å²) in [4.78, 5) is 7.36. The number of aromatic nitrogens is 1. The van der Waals surface area contributed by atoms with E-state index < -0.39 is 17.5 Å². The topological polar surface area (TPSA) is 90.3 Å². The summed E-state index contributed by atoms with van der Waals surface area (Å²) in [6, 6.07) is 3.92. The van der Waals surface area contributed by atoms with Gasteiger partial charge in [-0.1, -0.05) is 0 Å². The van der Waals surface area contributed by atoms with Crippen LogP contribution < -0.4 is 21.9 Å². The van der Waals surface area contributed by atoms with Gasteiger partial charge < -0.3 is 21.0 Å². The zero-order valence-electron chi connectivity index (χ0n) is 15.7. The van der Waals surface area contributed by atoms with Crippen molar-refractivity contribution in [2.75, 3.05) is 11.9 Å². The number of hydrazine groups is 1. The van der Waals surface area contributed by atoms with Crippen molar-refractivity contribution in [2.45, 2.75) is 25.7 Å². The Hall–Kier alpha value is -2.94. The summed E-state index contributed by atoms with van der Waals surface area (Å²) in [5.74, 6) is 3.46. The average molecular weight is 404 g/mol. The highest BCUT2D eigenvalue weighted by Crippen LogP contribution is 2.37. The number of rotatable bonds is 5. The Morgan fingerprint density at radius 2 is 1.86 bits per heavy atom. The van der Waals surface area contributed by atoms with Gasteiger partial charge in [-0.3, -0.25) is 5.84 Å². The van der Waals surface area contributed by atoms with E-state index in [0.29, 0.717) is 12.5 Å². The van der Waals surface area contributed by atoms with E-state index in [1.165, 1.54) is 0 Å². The monoisotopic (exact) mass is 404 g/mol. The zero-order chi connectivity index (χ0) is 20.4. The number of allylic oxidation sites excluding steroid dienone is 1. The van der Waals surface area contributed by atoms with E-state index in [-0.39, 0.29) is 11.6 Å². The minimum atomic E-state index is -1.45. The van der Waals surface area contributed by atoms with Crippen molar-refractivity contribution in [3.05, 3.63) is 53.1 Å². The second kappa shape index (κ2) is 8.20. The van der Waals surface area contributed by atoms with Crippen LogP contribution in [0.1, 0.15) is 31.2 Å². The summed E-state index contributed by atoms with van der Waals surface area (Å²) in [6.45, 7) is 0.575. The van der Waals surface area contributed by atoms with E-state index in [2.05, 4.69) is 26.0 Å². The molecule has 2 aliphatic rings. The van der Waals surface area contributed by atoms with Gasteiger partial charge in [0, 0.05) is 42.0 Å². The van der Waals surface area contributed by atoms with Crippen molar-refractivity contribution in [1.29, 1.82) is 0 Å². The fourth-order valence-corrected chi connectivity index (χ4v) is 4.10. The second-order valence-electron chi connectivity index (χ2n) is 7.43. The second-order valence-corrected chi connectivity index (χ2v) is 7.43. The molecule has 154 valence electrons. The highest BCUT2D eigenvalue weighted by molar-refractivity contribution is 5.87. The summed E-state index contributed by atoms with van der Waals surface area (Å²) in [6.07, 6.45) is 7.22. The zero-order valence-corrected chi connectivity index (χ0v) is 15.7. The van der Waals surface area contributed by atoms with E-state index in [0.717, 1.165) is 60.6 Å². The van der Waals surface area contributed by atoms with Gasteiger partial charge >= 0.3 is 0 Å². The molecule has 1 saturated carbocycles. The van der Waals surface area contributed by atoms with Gasteiger partial charge in [0.05, 0.1) is 17.7 Å². The fourth-order valence-electron chi connectivity index (χ4n) is 4.10. The maximum Gasteiger partial charge on any atom is 0.194 e. The van der Waals surface area contributed by atoms with Crippen molar-refractivity contribution in [3.63, 3.8) is 0 Å². The number of benzene rings is 1. The predicted octanol–water partition coefficient (Wildman–Crippen LogP) is 3.75. The molecule has 6 N–H and O–H groups in total. The highest BCUT2D eigenvalue weighted by atomic mass is 19.2. The molecule has 1 fully saturated rings. The third-order valence-corrected chi connectivity index (χ3v) is 5.66. The largest absolute Gasteiger partial charge is 0.385 e. The van der Waals surface area contributed by atoms with Crippen LogP contribution in [-0.2, 0) is 0 Å². The van der Waals surface area contributed by atoms with Crippen molar-refractivity contribution in [3.8, 4) is 0 Å². The number of aromatic amines is 1. The molecule has 1 aliphatic heterocycles. The Kier molecular flexibility index (Phi) is 5.48.